The smallest absolute Gasteiger partial charge is 1.00 e. The summed E-state index contributed by atoms with van der Waals surface area (Å²) in [6.07, 6.45) is 0. The maximum Gasteiger partial charge on any atom is 1.00 e. The number of hydrogen-bond donors (Lipinski definition) is 1. The molecule has 13 heavy (non-hydrogen) atoms. The van der Waals surface area contributed by atoms with E-state index in [1.165, 1.54) is 7.05 Å². The minimum Gasteiger partial charge on any atom is -1.00 e. The van der Waals surface area contributed by atoms with E-state index in [4.69, 9.17) is 0 Å². The van der Waals surface area contributed by atoms with Crippen molar-refractivity contribution in [3.05, 3.63) is 29.8 Å². The van der Waals surface area contributed by atoms with Gasteiger partial charge in [0, 0.05) is 0 Å². The van der Waals surface area contributed by atoms with Gasteiger partial charge < -0.3 is 1.43 Å². The fourth-order valence-corrected chi connectivity index (χ4v) is 1.57. The molecule has 0 bridgehead atoms. The van der Waals surface area contributed by atoms with E-state index >= 15 is 0 Å². The summed E-state index contributed by atoms with van der Waals surface area (Å²) in [5.41, 5.74) is 1.05. The summed E-state index contributed by atoms with van der Waals surface area (Å²) >= 11 is 0. The van der Waals surface area contributed by atoms with Crippen molar-refractivity contribution < 1.29 is 61.2 Å². The van der Waals surface area contributed by atoms with Gasteiger partial charge in [0.25, 0.3) is 0 Å². The van der Waals surface area contributed by atoms with Gasteiger partial charge in [0.1, 0.15) is 0 Å². The summed E-state index contributed by atoms with van der Waals surface area (Å²) in [6.45, 7) is 1.91. The Morgan fingerprint density at radius 3 is 2.08 bits per heavy atom. The minimum atomic E-state index is -3.26. The van der Waals surface area contributed by atoms with Crippen molar-refractivity contribution in [1.82, 2.24) is 4.72 Å². The molecule has 0 spiro atoms. The van der Waals surface area contributed by atoms with Gasteiger partial charge in [-0.05, 0) is 26.1 Å². The fraction of sp³-hybridized carbons (Fsp3) is 0.250. The van der Waals surface area contributed by atoms with E-state index < -0.39 is 10.0 Å². The third-order valence-corrected chi connectivity index (χ3v) is 3.03. The molecule has 1 aromatic carbocycles. The number of aryl methyl sites for hydroxylation is 1. The molecule has 0 saturated carbocycles. The average Bonchev–Trinajstić information content (AvgIpc) is 2.05. The van der Waals surface area contributed by atoms with E-state index in [9.17, 15) is 8.42 Å². The quantitative estimate of drug-likeness (QED) is 0.593. The van der Waals surface area contributed by atoms with Gasteiger partial charge in [0.05, 0.1) is 4.90 Å². The van der Waals surface area contributed by atoms with E-state index in [2.05, 4.69) is 4.72 Å². The molecule has 0 fully saturated rings. The second-order valence-electron chi connectivity index (χ2n) is 2.52. The molecule has 1 rings (SSSR count). The Hall–Kier alpha value is 0.766. The Labute approximate surface area is 123 Å². The molecule has 0 aliphatic carbocycles. The van der Waals surface area contributed by atoms with Gasteiger partial charge in [-0.2, -0.15) is 0 Å². The van der Waals surface area contributed by atoms with Crippen molar-refractivity contribution >= 4 is 10.0 Å². The Bertz CT molecular complexity index is 363. The van der Waals surface area contributed by atoms with Crippen molar-refractivity contribution in [2.75, 3.05) is 7.05 Å². The predicted molar refractivity (Wildman–Crippen MR) is 48.5 cm³/mol. The van der Waals surface area contributed by atoms with Gasteiger partial charge in [-0.25, -0.2) is 13.1 Å². The third-order valence-electron chi connectivity index (χ3n) is 1.60. The van der Waals surface area contributed by atoms with Crippen LogP contribution in [0.1, 0.15) is 6.99 Å². The standard InChI is InChI=1S/C8H11NO2S.K.H/c1-7-3-5-8(6-4-7)12(10,11)9-2;;/h3-6,9H,1-2H3;;/q;+1;-1. The first-order valence-corrected chi connectivity index (χ1v) is 5.05. The molecule has 1 aromatic rings. The van der Waals surface area contributed by atoms with Gasteiger partial charge in [-0.1, -0.05) is 17.7 Å². The molecule has 0 heterocycles. The molecule has 0 radical (unpaired) electrons. The molecule has 0 saturated heterocycles. The van der Waals surface area contributed by atoms with Crippen LogP contribution in [0.25, 0.3) is 0 Å². The van der Waals surface area contributed by atoms with Crippen LogP contribution in [-0.2, 0) is 10.0 Å². The molecule has 3 nitrogen and oxygen atoms in total. The monoisotopic (exact) mass is 225 g/mol. The van der Waals surface area contributed by atoms with Crippen LogP contribution in [0.15, 0.2) is 29.2 Å². The first-order chi connectivity index (χ1) is 5.56. The van der Waals surface area contributed by atoms with Crippen molar-refractivity contribution in [3.63, 3.8) is 0 Å². The molecule has 0 aromatic heterocycles. The first kappa shape index (κ1) is 13.8. The van der Waals surface area contributed by atoms with Gasteiger partial charge in [0.2, 0.25) is 10.0 Å². The van der Waals surface area contributed by atoms with Gasteiger partial charge in [-0.15, -0.1) is 0 Å². The van der Waals surface area contributed by atoms with Crippen LogP contribution in [0, 0.1) is 6.92 Å². The van der Waals surface area contributed by atoms with E-state index in [-0.39, 0.29) is 52.8 Å². The Balaban J connectivity index is 0. The number of sulfonamides is 1. The molecular formula is C8H12KNO2S. The topological polar surface area (TPSA) is 46.2 Å². The zero-order valence-corrected chi connectivity index (χ0v) is 12.0. The van der Waals surface area contributed by atoms with Crippen molar-refractivity contribution in [2.24, 2.45) is 0 Å². The van der Waals surface area contributed by atoms with Crippen molar-refractivity contribution in [1.29, 1.82) is 0 Å². The van der Waals surface area contributed by atoms with Gasteiger partial charge in [0.15, 0.2) is 0 Å². The van der Waals surface area contributed by atoms with Crippen LogP contribution < -0.4 is 56.1 Å². The van der Waals surface area contributed by atoms with Crippen LogP contribution in [0.3, 0.4) is 0 Å². The van der Waals surface area contributed by atoms with Gasteiger partial charge >= 0.3 is 51.4 Å². The van der Waals surface area contributed by atoms with Crippen LogP contribution in [-0.4, -0.2) is 15.5 Å². The number of nitrogens with one attached hydrogen (secondary N) is 1. The summed E-state index contributed by atoms with van der Waals surface area (Å²) in [6, 6.07) is 6.71. The van der Waals surface area contributed by atoms with Crippen LogP contribution in [0.4, 0.5) is 0 Å². The first-order valence-electron chi connectivity index (χ1n) is 3.56. The van der Waals surface area contributed by atoms with E-state index in [0.29, 0.717) is 4.90 Å². The molecule has 0 amide bonds. The Kier molecular flexibility index (Phi) is 5.93. The van der Waals surface area contributed by atoms with Crippen molar-refractivity contribution in [2.45, 2.75) is 11.8 Å². The summed E-state index contributed by atoms with van der Waals surface area (Å²) < 4.78 is 24.7. The second-order valence-corrected chi connectivity index (χ2v) is 4.41. The maximum absolute atomic E-state index is 11.2. The van der Waals surface area contributed by atoms with Gasteiger partial charge in [-0.3, -0.25) is 0 Å². The SMILES string of the molecule is CNS(=O)(=O)c1ccc(C)cc1.[H-].[K+]. The molecule has 0 aliphatic rings. The largest absolute Gasteiger partial charge is 1.00 e. The number of benzene rings is 1. The minimum absolute atomic E-state index is 0. The fourth-order valence-electron chi connectivity index (χ4n) is 0.835. The molecule has 0 aliphatic heterocycles. The number of rotatable bonds is 2. The zero-order valence-electron chi connectivity index (χ0n) is 9.03. The molecular weight excluding hydrogens is 213 g/mol. The van der Waals surface area contributed by atoms with Crippen LogP contribution in [0.5, 0.6) is 0 Å². The van der Waals surface area contributed by atoms with E-state index in [1.807, 2.05) is 6.92 Å². The number of hydrogen-bond acceptors (Lipinski definition) is 2. The Morgan fingerprint density at radius 2 is 1.69 bits per heavy atom. The summed E-state index contributed by atoms with van der Waals surface area (Å²) in [7, 11) is -1.87. The normalized spacial score (nSPS) is 10.6. The third kappa shape index (κ3) is 3.79. The van der Waals surface area contributed by atoms with E-state index in [1.54, 1.807) is 24.3 Å². The Morgan fingerprint density at radius 1 is 1.23 bits per heavy atom. The average molecular weight is 225 g/mol. The molecule has 5 heteroatoms. The second kappa shape index (κ2) is 5.60. The maximum atomic E-state index is 11.2. The molecule has 0 atom stereocenters. The summed E-state index contributed by atoms with van der Waals surface area (Å²) in [5, 5.41) is 0. The predicted octanol–water partition coefficient (Wildman–Crippen LogP) is -1.98. The molecule has 68 valence electrons. The van der Waals surface area contributed by atoms with Crippen LogP contribution in [0.2, 0.25) is 0 Å². The summed E-state index contributed by atoms with van der Waals surface area (Å²) in [5.74, 6) is 0. The van der Waals surface area contributed by atoms with Crippen molar-refractivity contribution in [3.8, 4) is 0 Å². The molecule has 0 unspecified atom stereocenters. The van der Waals surface area contributed by atoms with E-state index in [0.717, 1.165) is 5.56 Å². The van der Waals surface area contributed by atoms with Crippen LogP contribution >= 0.6 is 0 Å². The zero-order chi connectivity index (χ0) is 9.19. The molecule has 1 N–H and O–H groups in total. The summed E-state index contributed by atoms with van der Waals surface area (Å²) in [4.78, 5) is 0.301.